The van der Waals surface area contributed by atoms with Gasteiger partial charge in [0.1, 0.15) is 5.82 Å². The summed E-state index contributed by atoms with van der Waals surface area (Å²) < 4.78 is 0. The van der Waals surface area contributed by atoms with Crippen molar-refractivity contribution in [2.75, 3.05) is 18.0 Å². The largest absolute Gasteiger partial charge is 0.355 e. The summed E-state index contributed by atoms with van der Waals surface area (Å²) in [6.45, 7) is 5.92. The van der Waals surface area contributed by atoms with Crippen molar-refractivity contribution >= 4 is 11.7 Å². The molecule has 1 atom stereocenters. The Morgan fingerprint density at radius 3 is 2.90 bits per heavy atom. The molecular weight excluding hydrogens is 252 g/mol. The van der Waals surface area contributed by atoms with Gasteiger partial charge < -0.3 is 10.2 Å². The van der Waals surface area contributed by atoms with Crippen LogP contribution in [-0.4, -0.2) is 35.0 Å². The number of carbonyl (C=O) groups excluding carboxylic acids is 1. The second kappa shape index (κ2) is 7.22. The number of nitrogens with zero attached hydrogens (tertiary/aromatic N) is 3. The van der Waals surface area contributed by atoms with E-state index in [9.17, 15) is 4.79 Å². The summed E-state index contributed by atoms with van der Waals surface area (Å²) in [5.74, 6) is 1.12. The number of anilines is 1. The van der Waals surface area contributed by atoms with Gasteiger partial charge in [-0.2, -0.15) is 0 Å². The Hall–Kier alpha value is -1.65. The second-order valence-electron chi connectivity index (χ2n) is 5.37. The van der Waals surface area contributed by atoms with Crippen LogP contribution in [-0.2, 0) is 4.79 Å². The summed E-state index contributed by atoms with van der Waals surface area (Å²) in [6.07, 6.45) is 9.10. The molecule has 1 saturated heterocycles. The minimum Gasteiger partial charge on any atom is -0.355 e. The summed E-state index contributed by atoms with van der Waals surface area (Å²) in [4.78, 5) is 22.9. The third-order valence-electron chi connectivity index (χ3n) is 4.00. The molecule has 0 bridgehead atoms. The van der Waals surface area contributed by atoms with Gasteiger partial charge in [0.05, 0.1) is 12.1 Å². The van der Waals surface area contributed by atoms with E-state index >= 15 is 0 Å². The summed E-state index contributed by atoms with van der Waals surface area (Å²) in [7, 11) is 0. The van der Waals surface area contributed by atoms with E-state index in [0.717, 1.165) is 44.6 Å². The highest BCUT2D eigenvalue weighted by Crippen LogP contribution is 2.21. The summed E-state index contributed by atoms with van der Waals surface area (Å²) in [5.41, 5.74) is 0. The number of piperidine rings is 1. The van der Waals surface area contributed by atoms with Gasteiger partial charge in [0.15, 0.2) is 0 Å². The third kappa shape index (κ3) is 3.68. The molecule has 1 aliphatic heterocycles. The molecule has 110 valence electrons. The summed E-state index contributed by atoms with van der Waals surface area (Å²) >= 11 is 0. The maximum Gasteiger partial charge on any atom is 0.225 e. The predicted octanol–water partition coefficient (Wildman–Crippen LogP) is 2.00. The average Bonchev–Trinajstić information content (AvgIpc) is 2.53. The zero-order chi connectivity index (χ0) is 14.4. The van der Waals surface area contributed by atoms with Gasteiger partial charge in [0.25, 0.3) is 0 Å². The lowest BCUT2D eigenvalue weighted by molar-refractivity contribution is -0.126. The quantitative estimate of drug-likeness (QED) is 0.893. The van der Waals surface area contributed by atoms with Gasteiger partial charge in [-0.05, 0) is 25.7 Å². The molecule has 0 spiro atoms. The van der Waals surface area contributed by atoms with E-state index in [0.29, 0.717) is 6.04 Å². The maximum absolute atomic E-state index is 12.3. The molecule has 1 aromatic rings. The fraction of sp³-hybridized carbons (Fsp3) is 0.667. The first-order chi connectivity index (χ1) is 9.74. The molecule has 1 amide bonds. The Balaban J connectivity index is 1.95. The molecule has 5 nitrogen and oxygen atoms in total. The van der Waals surface area contributed by atoms with E-state index < -0.39 is 0 Å². The molecule has 0 unspecified atom stereocenters. The Morgan fingerprint density at radius 1 is 1.45 bits per heavy atom. The molecule has 0 aromatic carbocycles. The molecule has 0 radical (unpaired) electrons. The van der Waals surface area contributed by atoms with Crippen LogP contribution in [0.1, 0.15) is 39.5 Å². The molecular formula is C15H24N4O. The SMILES string of the molecule is CCC(CC)NC(=O)[C@H]1CCCN(c2cnccn2)C1. The number of hydrogen-bond donors (Lipinski definition) is 1. The highest BCUT2D eigenvalue weighted by Gasteiger charge is 2.27. The first-order valence-corrected chi connectivity index (χ1v) is 7.55. The van der Waals surface area contributed by atoms with Crippen molar-refractivity contribution in [2.24, 2.45) is 5.92 Å². The Bertz CT molecular complexity index is 419. The zero-order valence-electron chi connectivity index (χ0n) is 12.4. The van der Waals surface area contributed by atoms with Crippen molar-refractivity contribution in [1.82, 2.24) is 15.3 Å². The van der Waals surface area contributed by atoms with E-state index in [4.69, 9.17) is 0 Å². The summed E-state index contributed by atoms with van der Waals surface area (Å²) in [6, 6.07) is 0.300. The minimum atomic E-state index is 0.0614. The van der Waals surface area contributed by atoms with Gasteiger partial charge in [0.2, 0.25) is 5.91 Å². The Morgan fingerprint density at radius 2 is 2.25 bits per heavy atom. The van der Waals surface area contributed by atoms with Crippen LogP contribution in [0.4, 0.5) is 5.82 Å². The highest BCUT2D eigenvalue weighted by molar-refractivity contribution is 5.79. The topological polar surface area (TPSA) is 58.1 Å². The van der Waals surface area contributed by atoms with Crippen LogP contribution < -0.4 is 10.2 Å². The van der Waals surface area contributed by atoms with E-state index in [2.05, 4.69) is 34.0 Å². The normalized spacial score (nSPS) is 19.1. The lowest BCUT2D eigenvalue weighted by Gasteiger charge is -2.33. The first-order valence-electron chi connectivity index (χ1n) is 7.55. The molecule has 2 heterocycles. The maximum atomic E-state index is 12.3. The molecule has 0 aliphatic carbocycles. The molecule has 0 saturated carbocycles. The number of nitrogens with one attached hydrogen (secondary N) is 1. The van der Waals surface area contributed by atoms with Crippen molar-refractivity contribution in [1.29, 1.82) is 0 Å². The van der Waals surface area contributed by atoms with Gasteiger partial charge in [-0.3, -0.25) is 9.78 Å². The van der Waals surface area contributed by atoms with Crippen LogP contribution in [0.3, 0.4) is 0 Å². The fourth-order valence-electron chi connectivity index (χ4n) is 2.67. The van der Waals surface area contributed by atoms with Crippen LogP contribution in [0, 0.1) is 5.92 Å². The first kappa shape index (κ1) is 14.8. The van der Waals surface area contributed by atoms with Crippen molar-refractivity contribution in [3.05, 3.63) is 18.6 Å². The Kier molecular flexibility index (Phi) is 5.32. The molecule has 1 aliphatic rings. The standard InChI is InChI=1S/C15H24N4O/c1-3-13(4-2)18-15(20)12-6-5-9-19(11-12)14-10-16-7-8-17-14/h7-8,10,12-13H,3-6,9,11H2,1-2H3,(H,18,20)/t12-/m0/s1. The van der Waals surface area contributed by atoms with Crippen molar-refractivity contribution in [3.8, 4) is 0 Å². The van der Waals surface area contributed by atoms with Crippen LogP contribution in [0.25, 0.3) is 0 Å². The molecule has 2 rings (SSSR count). The molecule has 1 aromatic heterocycles. The van der Waals surface area contributed by atoms with Crippen molar-refractivity contribution in [2.45, 2.75) is 45.6 Å². The van der Waals surface area contributed by atoms with E-state index in [1.54, 1.807) is 18.6 Å². The third-order valence-corrected chi connectivity index (χ3v) is 4.00. The highest BCUT2D eigenvalue weighted by atomic mass is 16.2. The summed E-state index contributed by atoms with van der Waals surface area (Å²) in [5, 5.41) is 3.16. The fourth-order valence-corrected chi connectivity index (χ4v) is 2.67. The van der Waals surface area contributed by atoms with Gasteiger partial charge in [-0.15, -0.1) is 0 Å². The molecule has 5 heteroatoms. The van der Waals surface area contributed by atoms with Gasteiger partial charge >= 0.3 is 0 Å². The predicted molar refractivity (Wildman–Crippen MR) is 79.5 cm³/mol. The number of aromatic nitrogens is 2. The second-order valence-corrected chi connectivity index (χ2v) is 5.37. The monoisotopic (exact) mass is 276 g/mol. The van der Waals surface area contributed by atoms with Crippen molar-refractivity contribution < 1.29 is 4.79 Å². The molecule has 1 fully saturated rings. The molecule has 20 heavy (non-hydrogen) atoms. The smallest absolute Gasteiger partial charge is 0.225 e. The van der Waals surface area contributed by atoms with Gasteiger partial charge in [-0.25, -0.2) is 4.98 Å². The van der Waals surface area contributed by atoms with Crippen LogP contribution >= 0.6 is 0 Å². The average molecular weight is 276 g/mol. The van der Waals surface area contributed by atoms with Gasteiger partial charge in [0, 0.05) is 31.5 Å². The van der Waals surface area contributed by atoms with Crippen LogP contribution in [0.5, 0.6) is 0 Å². The number of carbonyl (C=O) groups is 1. The lowest BCUT2D eigenvalue weighted by atomic mass is 9.96. The zero-order valence-corrected chi connectivity index (χ0v) is 12.4. The molecule has 1 N–H and O–H groups in total. The van der Waals surface area contributed by atoms with Crippen LogP contribution in [0.15, 0.2) is 18.6 Å². The minimum absolute atomic E-state index is 0.0614. The number of hydrogen-bond acceptors (Lipinski definition) is 4. The Labute approximate surface area is 120 Å². The number of rotatable bonds is 5. The van der Waals surface area contributed by atoms with Crippen LogP contribution in [0.2, 0.25) is 0 Å². The number of amides is 1. The van der Waals surface area contributed by atoms with E-state index in [1.807, 2.05) is 0 Å². The van der Waals surface area contributed by atoms with E-state index in [1.165, 1.54) is 0 Å². The van der Waals surface area contributed by atoms with Crippen molar-refractivity contribution in [3.63, 3.8) is 0 Å². The van der Waals surface area contributed by atoms with E-state index in [-0.39, 0.29) is 11.8 Å². The lowest BCUT2D eigenvalue weighted by Crippen LogP contribution is -2.46. The van der Waals surface area contributed by atoms with Gasteiger partial charge in [-0.1, -0.05) is 13.8 Å².